The number of likely N-dealkylation sites (N-methyl/N-ethyl adjacent to an activating group) is 1. The van der Waals surface area contributed by atoms with E-state index in [1.54, 1.807) is 37.4 Å². The Morgan fingerprint density at radius 1 is 1.12 bits per heavy atom. The van der Waals surface area contributed by atoms with E-state index in [0.29, 0.717) is 27.6 Å². The minimum atomic E-state index is -1.14. The fourth-order valence-corrected chi connectivity index (χ4v) is 7.54. The highest BCUT2D eigenvalue weighted by atomic mass is 35.5. The number of likely N-dealkylation sites (tertiary alicyclic amines) is 1. The largest absolute Gasteiger partial charge is 0.476 e. The van der Waals surface area contributed by atoms with Crippen LogP contribution in [0.25, 0.3) is 16.3 Å². The molecular weight excluding hydrogens is 660 g/mol. The molecule has 2 fully saturated rings. The van der Waals surface area contributed by atoms with Crippen LogP contribution in [0.1, 0.15) is 24.8 Å². The second-order valence-electron chi connectivity index (χ2n) is 12.6. The molecule has 5 atom stereocenters. The third kappa shape index (κ3) is 6.55. The first kappa shape index (κ1) is 34.2. The Balaban J connectivity index is 1.44. The number of ether oxygens (including phenoxy) is 1. The smallest absolute Gasteiger partial charge is 0.282 e. The van der Waals surface area contributed by atoms with E-state index in [1.165, 1.54) is 17.0 Å². The standard InChI is InChI=1S/C36H33ClF4N6O2/c1-20(38)36(48)47-13-12-46(18-23(47)8-10-42)34-26(9-11-43)35(49-19-24-14-22(39)17-45(24)2)44-31-16-27(30(41)15-28(31)34)25-5-3-4-21-6-7-29(40)33(37)32(21)25/h3-7,15-16,22-24,28,31H,1,8-9,12-14,17-19H2,2H3/t22-,23+,24+,28?,31?/m1/s1. The number of fused-ring (bicyclic) bond motifs is 2. The molecule has 3 aliphatic heterocycles. The van der Waals surface area contributed by atoms with Crippen LogP contribution < -0.4 is 0 Å². The van der Waals surface area contributed by atoms with Gasteiger partial charge in [-0.25, -0.2) is 22.6 Å². The lowest BCUT2D eigenvalue weighted by Crippen LogP contribution is -2.56. The van der Waals surface area contributed by atoms with Crippen molar-refractivity contribution in [3.63, 3.8) is 0 Å². The molecule has 0 radical (unpaired) electrons. The van der Waals surface area contributed by atoms with Gasteiger partial charge in [0, 0.05) is 60.4 Å². The molecule has 1 amide bonds. The van der Waals surface area contributed by atoms with E-state index in [1.807, 2.05) is 9.80 Å². The molecule has 0 N–H and O–H groups in total. The van der Waals surface area contributed by atoms with Crippen molar-refractivity contribution in [2.45, 2.75) is 43.6 Å². The first-order valence-electron chi connectivity index (χ1n) is 15.9. The zero-order valence-electron chi connectivity index (χ0n) is 26.7. The SMILES string of the molecule is C=C(F)C(=O)N1CCN(C2=C(CC#N)C(OC[C@@H]3C[C@@H](F)CN3C)=NC3C=C(c4cccc5ccc(F)c(Cl)c45)C(F)=CC23)C[C@@H]1CC#N. The molecule has 0 saturated carbocycles. The fourth-order valence-electron chi connectivity index (χ4n) is 7.27. The topological polar surface area (TPSA) is 96.0 Å². The Bertz CT molecular complexity index is 1910. The van der Waals surface area contributed by atoms with Crippen LogP contribution in [0.15, 0.2) is 77.0 Å². The number of carbonyl (C=O) groups excluding carboxylic acids is 1. The maximum atomic E-state index is 16.4. The number of benzene rings is 2. The quantitative estimate of drug-likeness (QED) is 0.246. The number of halogens is 5. The van der Waals surface area contributed by atoms with Gasteiger partial charge in [-0.15, -0.1) is 0 Å². The number of dihydropyridines is 1. The van der Waals surface area contributed by atoms with Crippen molar-refractivity contribution in [1.29, 1.82) is 10.5 Å². The van der Waals surface area contributed by atoms with Gasteiger partial charge in [0.15, 0.2) is 5.83 Å². The van der Waals surface area contributed by atoms with E-state index >= 15 is 4.39 Å². The molecule has 0 spiro atoms. The zero-order chi connectivity index (χ0) is 35.0. The number of amides is 1. The Kier molecular flexibility index (Phi) is 9.82. The number of carbonyl (C=O) groups is 1. The summed E-state index contributed by atoms with van der Waals surface area (Å²) in [5, 5.41) is 20.3. The van der Waals surface area contributed by atoms with Crippen molar-refractivity contribution >= 4 is 39.8 Å². The Morgan fingerprint density at radius 3 is 2.61 bits per heavy atom. The third-order valence-corrected chi connectivity index (χ3v) is 9.98. The van der Waals surface area contributed by atoms with Gasteiger partial charge in [-0.2, -0.15) is 10.5 Å². The predicted molar refractivity (Wildman–Crippen MR) is 177 cm³/mol. The minimum Gasteiger partial charge on any atom is -0.476 e. The molecule has 6 rings (SSSR count). The average molecular weight is 693 g/mol. The summed E-state index contributed by atoms with van der Waals surface area (Å²) in [6, 6.07) is 10.4. The minimum absolute atomic E-state index is 0.0419. The molecule has 254 valence electrons. The summed E-state index contributed by atoms with van der Waals surface area (Å²) in [4.78, 5) is 22.5. The summed E-state index contributed by atoms with van der Waals surface area (Å²) >= 11 is 6.41. The Morgan fingerprint density at radius 2 is 1.92 bits per heavy atom. The summed E-state index contributed by atoms with van der Waals surface area (Å²) in [6.45, 7) is 3.79. The normalized spacial score (nSPS) is 25.6. The number of hydrogen-bond acceptors (Lipinski definition) is 7. The highest BCUT2D eigenvalue weighted by molar-refractivity contribution is 6.36. The second kappa shape index (κ2) is 14.1. The van der Waals surface area contributed by atoms with Crippen LogP contribution in [-0.4, -0.2) is 90.6 Å². The van der Waals surface area contributed by atoms with E-state index in [9.17, 15) is 28.5 Å². The first-order valence-corrected chi connectivity index (χ1v) is 16.3. The van der Waals surface area contributed by atoms with Crippen LogP contribution in [0.3, 0.4) is 0 Å². The number of alkyl halides is 1. The molecule has 0 bridgehead atoms. The molecular formula is C36H33ClF4N6O2. The summed E-state index contributed by atoms with van der Waals surface area (Å²) in [5.74, 6) is -3.89. The lowest BCUT2D eigenvalue weighted by Gasteiger charge is -2.46. The zero-order valence-corrected chi connectivity index (χ0v) is 27.4. The number of aliphatic imine (C=N–C) groups is 1. The first-order chi connectivity index (χ1) is 23.5. The third-order valence-electron chi connectivity index (χ3n) is 9.61. The lowest BCUT2D eigenvalue weighted by molar-refractivity contribution is -0.133. The lowest BCUT2D eigenvalue weighted by atomic mass is 9.81. The Labute approximate surface area is 286 Å². The van der Waals surface area contributed by atoms with Gasteiger partial charge in [0.25, 0.3) is 5.91 Å². The van der Waals surface area contributed by atoms with Crippen molar-refractivity contribution < 1.29 is 27.1 Å². The van der Waals surface area contributed by atoms with Crippen LogP contribution in [0.4, 0.5) is 17.6 Å². The summed E-state index contributed by atoms with van der Waals surface area (Å²) in [7, 11) is 1.80. The van der Waals surface area contributed by atoms with Gasteiger partial charge in [-0.1, -0.05) is 42.4 Å². The van der Waals surface area contributed by atoms with Crippen molar-refractivity contribution in [3.05, 3.63) is 88.4 Å². The number of rotatable bonds is 7. The van der Waals surface area contributed by atoms with Gasteiger partial charge in [-0.05, 0) is 42.6 Å². The number of nitriles is 2. The molecule has 49 heavy (non-hydrogen) atoms. The second-order valence-corrected chi connectivity index (χ2v) is 13.0. The van der Waals surface area contributed by atoms with E-state index in [-0.39, 0.29) is 74.6 Å². The van der Waals surface area contributed by atoms with E-state index < -0.39 is 47.6 Å². The molecule has 2 unspecified atom stereocenters. The van der Waals surface area contributed by atoms with E-state index in [2.05, 4.69) is 18.7 Å². The maximum Gasteiger partial charge on any atom is 0.282 e. The number of piperazine rings is 1. The monoisotopic (exact) mass is 692 g/mol. The van der Waals surface area contributed by atoms with Crippen molar-refractivity contribution in [1.82, 2.24) is 14.7 Å². The van der Waals surface area contributed by atoms with Crippen molar-refractivity contribution in [2.24, 2.45) is 10.9 Å². The van der Waals surface area contributed by atoms with E-state index in [4.69, 9.17) is 21.3 Å². The van der Waals surface area contributed by atoms with Gasteiger partial charge in [0.05, 0.1) is 42.1 Å². The predicted octanol–water partition coefficient (Wildman–Crippen LogP) is 6.42. The molecule has 3 heterocycles. The van der Waals surface area contributed by atoms with Crippen LogP contribution in [0.2, 0.25) is 5.02 Å². The molecule has 0 aromatic heterocycles. The summed E-state index contributed by atoms with van der Waals surface area (Å²) < 4.78 is 65.4. The molecule has 8 nitrogen and oxygen atoms in total. The number of hydrogen-bond donors (Lipinski definition) is 0. The van der Waals surface area contributed by atoms with E-state index in [0.717, 1.165) is 0 Å². The van der Waals surface area contributed by atoms with Gasteiger partial charge in [0.1, 0.15) is 24.4 Å². The van der Waals surface area contributed by atoms with Crippen LogP contribution in [0, 0.1) is 34.4 Å². The average Bonchev–Trinajstić information content (AvgIpc) is 3.41. The molecule has 13 heteroatoms. The highest BCUT2D eigenvalue weighted by Gasteiger charge is 2.42. The summed E-state index contributed by atoms with van der Waals surface area (Å²) in [6.07, 6.45) is 2.03. The van der Waals surface area contributed by atoms with Gasteiger partial charge < -0.3 is 14.5 Å². The van der Waals surface area contributed by atoms with Crippen molar-refractivity contribution in [3.8, 4) is 12.1 Å². The van der Waals surface area contributed by atoms with Crippen molar-refractivity contribution in [2.75, 3.05) is 39.8 Å². The summed E-state index contributed by atoms with van der Waals surface area (Å²) in [5.41, 5.74) is 1.46. The number of allylic oxidation sites excluding steroid dienone is 2. The maximum absolute atomic E-state index is 16.4. The van der Waals surface area contributed by atoms with Crippen LogP contribution >= 0.6 is 11.6 Å². The van der Waals surface area contributed by atoms with Crippen LogP contribution in [0.5, 0.6) is 0 Å². The molecule has 1 aliphatic carbocycles. The van der Waals surface area contributed by atoms with Crippen LogP contribution in [-0.2, 0) is 9.53 Å². The Hall–Kier alpha value is -4.65. The fraction of sp³-hybridized carbons (Fsp3) is 0.389. The highest BCUT2D eigenvalue weighted by Crippen LogP contribution is 2.44. The molecule has 2 saturated heterocycles. The van der Waals surface area contributed by atoms with Gasteiger partial charge in [-0.3, -0.25) is 9.69 Å². The number of nitrogens with zero attached hydrogens (tertiary/aromatic N) is 6. The molecule has 2 aromatic carbocycles. The van der Waals surface area contributed by atoms with Gasteiger partial charge in [0.2, 0.25) is 5.90 Å². The molecule has 4 aliphatic rings. The van der Waals surface area contributed by atoms with Gasteiger partial charge >= 0.3 is 0 Å². The molecule has 2 aromatic rings.